The molecule has 3 atom stereocenters. The van der Waals surface area contributed by atoms with Gasteiger partial charge >= 0.3 is 0 Å². The highest BCUT2D eigenvalue weighted by Crippen LogP contribution is 2.40. The number of fused-ring (bicyclic) bond motifs is 1. The average Bonchev–Trinajstić information content (AvgIpc) is 3.16. The van der Waals surface area contributed by atoms with E-state index in [1.54, 1.807) is 5.06 Å². The summed E-state index contributed by atoms with van der Waals surface area (Å²) < 4.78 is 0. The minimum atomic E-state index is -0.719. The number of hydrogen-bond acceptors (Lipinski definition) is 4. The van der Waals surface area contributed by atoms with Gasteiger partial charge in [0.15, 0.2) is 6.10 Å². The summed E-state index contributed by atoms with van der Waals surface area (Å²) >= 11 is 0. The van der Waals surface area contributed by atoms with Crippen molar-refractivity contribution in [2.45, 2.75) is 38.5 Å². The molecule has 0 bridgehead atoms. The van der Waals surface area contributed by atoms with E-state index in [0.717, 1.165) is 24.1 Å². The maximum Gasteiger partial charge on any atom is 0.262 e. The third-order valence-electron chi connectivity index (χ3n) is 5.11. The number of benzene rings is 2. The predicted molar refractivity (Wildman–Crippen MR) is 98.0 cm³/mol. The third-order valence-corrected chi connectivity index (χ3v) is 5.11. The van der Waals surface area contributed by atoms with E-state index in [1.807, 2.05) is 60.7 Å². The quantitative estimate of drug-likeness (QED) is 0.777. The Morgan fingerprint density at radius 2 is 1.58 bits per heavy atom. The lowest BCUT2D eigenvalue weighted by Crippen LogP contribution is -2.40. The maximum absolute atomic E-state index is 13.1. The Bertz CT molecular complexity index is 793. The van der Waals surface area contributed by atoms with Gasteiger partial charge in [-0.1, -0.05) is 61.9 Å². The van der Waals surface area contributed by atoms with Gasteiger partial charge in [-0.2, -0.15) is 0 Å². The molecule has 2 aliphatic rings. The van der Waals surface area contributed by atoms with Gasteiger partial charge in [0.1, 0.15) is 0 Å². The molecular weight excluding hydrogens is 328 g/mol. The molecule has 134 valence electrons. The molecule has 5 heteroatoms. The van der Waals surface area contributed by atoms with Crippen molar-refractivity contribution in [1.82, 2.24) is 4.90 Å². The molecule has 0 aliphatic carbocycles. The smallest absolute Gasteiger partial charge is 0.262 e. The molecule has 2 fully saturated rings. The summed E-state index contributed by atoms with van der Waals surface area (Å²) in [6.07, 6.45) is 0.998. The second kappa shape index (κ2) is 6.92. The number of hydrogen-bond donors (Lipinski definition) is 0. The summed E-state index contributed by atoms with van der Waals surface area (Å²) in [4.78, 5) is 33.3. The van der Waals surface area contributed by atoms with E-state index in [1.165, 1.54) is 4.90 Å². The predicted octanol–water partition coefficient (Wildman–Crippen LogP) is 3.16. The van der Waals surface area contributed by atoms with Crippen LogP contribution in [0, 0.1) is 5.92 Å². The SMILES string of the molecule is CCC[C@@H]1[C@@H]2C(=O)N(Cc3ccccc3)C(=O)[C@H]2ON1c1ccccc1. The van der Waals surface area contributed by atoms with Gasteiger partial charge in [0.05, 0.1) is 24.2 Å². The molecule has 0 saturated carbocycles. The first kappa shape index (κ1) is 16.8. The molecule has 0 N–H and O–H groups in total. The summed E-state index contributed by atoms with van der Waals surface area (Å²) in [5.41, 5.74) is 1.83. The van der Waals surface area contributed by atoms with E-state index < -0.39 is 12.0 Å². The van der Waals surface area contributed by atoms with Crippen LogP contribution in [0.4, 0.5) is 5.69 Å². The molecule has 0 radical (unpaired) electrons. The van der Waals surface area contributed by atoms with Gasteiger partial charge in [0.2, 0.25) is 5.91 Å². The molecule has 2 heterocycles. The molecule has 2 saturated heterocycles. The van der Waals surface area contributed by atoms with E-state index >= 15 is 0 Å². The van der Waals surface area contributed by atoms with Crippen molar-refractivity contribution < 1.29 is 14.4 Å². The normalized spacial score (nSPS) is 25.0. The number of rotatable bonds is 5. The zero-order valence-electron chi connectivity index (χ0n) is 14.7. The number of hydroxylamine groups is 1. The average molecular weight is 350 g/mol. The Balaban J connectivity index is 1.60. The molecule has 2 aromatic rings. The summed E-state index contributed by atoms with van der Waals surface area (Å²) in [5, 5.41) is 1.77. The Kier molecular flexibility index (Phi) is 4.47. The van der Waals surface area contributed by atoms with Crippen LogP contribution in [-0.2, 0) is 21.0 Å². The van der Waals surface area contributed by atoms with Crippen LogP contribution in [-0.4, -0.2) is 28.9 Å². The minimum absolute atomic E-state index is 0.121. The van der Waals surface area contributed by atoms with Crippen LogP contribution >= 0.6 is 0 Å². The first-order valence-electron chi connectivity index (χ1n) is 9.11. The highest BCUT2D eigenvalue weighted by Gasteiger charge is 2.58. The van der Waals surface area contributed by atoms with Crippen molar-refractivity contribution in [1.29, 1.82) is 0 Å². The molecule has 0 spiro atoms. The lowest BCUT2D eigenvalue weighted by molar-refractivity contribution is -0.143. The van der Waals surface area contributed by atoms with Crippen molar-refractivity contribution >= 4 is 17.5 Å². The Morgan fingerprint density at radius 3 is 2.23 bits per heavy atom. The maximum atomic E-state index is 13.1. The number of imide groups is 1. The van der Waals surface area contributed by atoms with Crippen molar-refractivity contribution in [2.75, 3.05) is 5.06 Å². The van der Waals surface area contributed by atoms with Gasteiger partial charge in [-0.05, 0) is 24.1 Å². The van der Waals surface area contributed by atoms with Gasteiger partial charge in [-0.15, -0.1) is 0 Å². The third kappa shape index (κ3) is 2.78. The second-order valence-electron chi connectivity index (χ2n) is 6.82. The topological polar surface area (TPSA) is 49.9 Å². The number of nitrogens with zero attached hydrogens (tertiary/aromatic N) is 2. The van der Waals surface area contributed by atoms with Crippen LogP contribution in [0.15, 0.2) is 60.7 Å². The highest BCUT2D eigenvalue weighted by atomic mass is 16.7. The summed E-state index contributed by atoms with van der Waals surface area (Å²) in [7, 11) is 0. The van der Waals surface area contributed by atoms with Crippen LogP contribution in [0.2, 0.25) is 0 Å². The number of likely N-dealkylation sites (tertiary alicyclic amines) is 1. The first-order chi connectivity index (χ1) is 12.7. The van der Waals surface area contributed by atoms with Crippen LogP contribution in [0.3, 0.4) is 0 Å². The fourth-order valence-electron chi connectivity index (χ4n) is 3.89. The van der Waals surface area contributed by atoms with Crippen LogP contribution in [0.25, 0.3) is 0 Å². The number of carbonyl (C=O) groups is 2. The summed E-state index contributed by atoms with van der Waals surface area (Å²) in [5.74, 6) is -0.796. The lowest BCUT2D eigenvalue weighted by atomic mass is 9.93. The van der Waals surface area contributed by atoms with Crippen molar-refractivity contribution in [3.63, 3.8) is 0 Å². The van der Waals surface area contributed by atoms with Crippen LogP contribution in [0.1, 0.15) is 25.3 Å². The standard InChI is InChI=1S/C21H22N2O3/c1-2-9-17-18-19(26-23(17)16-12-7-4-8-13-16)21(25)22(20(18)24)14-15-10-5-3-6-11-15/h3-8,10-13,17-19H,2,9,14H2,1H3/t17-,18+,19+/m1/s1. The molecule has 0 aromatic heterocycles. The minimum Gasteiger partial charge on any atom is -0.275 e. The van der Waals surface area contributed by atoms with Gasteiger partial charge in [-0.25, -0.2) is 5.06 Å². The van der Waals surface area contributed by atoms with E-state index in [4.69, 9.17) is 4.84 Å². The van der Waals surface area contributed by atoms with Crippen molar-refractivity contribution in [2.24, 2.45) is 5.92 Å². The summed E-state index contributed by atoms with van der Waals surface area (Å²) in [6, 6.07) is 19.2. The van der Waals surface area contributed by atoms with Gasteiger partial charge < -0.3 is 0 Å². The Labute approximate surface area is 153 Å². The molecule has 5 nitrogen and oxygen atoms in total. The van der Waals surface area contributed by atoms with Crippen LogP contribution in [0.5, 0.6) is 0 Å². The van der Waals surface area contributed by atoms with Gasteiger partial charge in [0.25, 0.3) is 5.91 Å². The molecule has 26 heavy (non-hydrogen) atoms. The van der Waals surface area contributed by atoms with Gasteiger partial charge in [-0.3, -0.25) is 19.3 Å². The second-order valence-corrected chi connectivity index (χ2v) is 6.82. The van der Waals surface area contributed by atoms with E-state index in [-0.39, 0.29) is 17.9 Å². The number of anilines is 1. The number of amides is 2. The first-order valence-corrected chi connectivity index (χ1v) is 9.11. The fraction of sp³-hybridized carbons (Fsp3) is 0.333. The van der Waals surface area contributed by atoms with E-state index in [2.05, 4.69) is 6.92 Å². The van der Waals surface area contributed by atoms with E-state index in [0.29, 0.717) is 6.54 Å². The largest absolute Gasteiger partial charge is 0.275 e. The molecular formula is C21H22N2O3. The number of para-hydroxylation sites is 1. The van der Waals surface area contributed by atoms with E-state index in [9.17, 15) is 9.59 Å². The molecule has 2 aliphatic heterocycles. The molecule has 2 aromatic carbocycles. The van der Waals surface area contributed by atoms with Crippen LogP contribution < -0.4 is 5.06 Å². The molecule has 4 rings (SSSR count). The highest BCUT2D eigenvalue weighted by molar-refractivity contribution is 6.07. The lowest BCUT2D eigenvalue weighted by Gasteiger charge is -2.28. The Hall–Kier alpha value is -2.66. The fourth-order valence-corrected chi connectivity index (χ4v) is 3.89. The van der Waals surface area contributed by atoms with Gasteiger partial charge in [0, 0.05) is 0 Å². The number of carbonyl (C=O) groups excluding carboxylic acids is 2. The molecule has 2 amide bonds. The van der Waals surface area contributed by atoms with Crippen molar-refractivity contribution in [3.05, 3.63) is 66.2 Å². The Morgan fingerprint density at radius 1 is 0.923 bits per heavy atom. The molecule has 0 unspecified atom stereocenters. The summed E-state index contributed by atoms with van der Waals surface area (Å²) in [6.45, 7) is 2.39. The zero-order chi connectivity index (χ0) is 18.1. The zero-order valence-corrected chi connectivity index (χ0v) is 14.7. The monoisotopic (exact) mass is 350 g/mol. The van der Waals surface area contributed by atoms with Crippen molar-refractivity contribution in [3.8, 4) is 0 Å².